The van der Waals surface area contributed by atoms with E-state index in [-0.39, 0.29) is 50.8 Å². The number of carbonyl (C=O) groups excluding carboxylic acids is 2. The number of nitrogens with zero attached hydrogens (tertiary/aromatic N) is 4. The molecule has 0 saturated carbocycles. The summed E-state index contributed by atoms with van der Waals surface area (Å²) in [6.45, 7) is 36.5. The minimum atomic E-state index is -4.46. The van der Waals surface area contributed by atoms with Crippen molar-refractivity contribution in [1.29, 1.82) is 0 Å². The zero-order valence-electron chi connectivity index (χ0n) is 69.8. The summed E-state index contributed by atoms with van der Waals surface area (Å²) in [7, 11) is -17.2. The van der Waals surface area contributed by atoms with Gasteiger partial charge in [-0.15, -0.1) is 0 Å². The highest BCUT2D eigenvalue weighted by molar-refractivity contribution is 7.86. The maximum atomic E-state index is 13.1. The lowest BCUT2D eigenvalue weighted by atomic mass is 9.76. The number of para-hydroxylation sites is 2. The largest absolute Gasteiger partial charge is 0.457 e. The number of fused-ring (bicyclic) bond motifs is 4. The Balaban J connectivity index is 0.000000272. The Bertz CT molecular complexity index is 5420. The van der Waals surface area contributed by atoms with E-state index in [1.165, 1.54) is 46.8 Å². The summed E-state index contributed by atoms with van der Waals surface area (Å²) >= 11 is 0. The summed E-state index contributed by atoms with van der Waals surface area (Å²) in [5.41, 5.74) is 11.4. The molecule has 1 atom stereocenters. The maximum absolute atomic E-state index is 13.1. The zero-order valence-corrected chi connectivity index (χ0v) is 73.1. The van der Waals surface area contributed by atoms with Gasteiger partial charge in [-0.05, 0) is 193 Å². The van der Waals surface area contributed by atoms with Crippen LogP contribution in [0.1, 0.15) is 205 Å². The molecule has 3 aliphatic heterocycles. The van der Waals surface area contributed by atoms with Crippen LogP contribution >= 0.6 is 0 Å². The third kappa shape index (κ3) is 22.4. The van der Waals surface area contributed by atoms with Gasteiger partial charge in [-0.1, -0.05) is 137 Å². The van der Waals surface area contributed by atoms with E-state index in [1.807, 2.05) is 120 Å². The summed E-state index contributed by atoms with van der Waals surface area (Å²) in [6.07, 6.45) is 31.4. The standard InChI is InChI=1S/C49H60N2O11S3.C43H56N2O4S/c1-47(2,3)45(52)21-12-30-49(6)40-18-8-10-20-42(40)51(32-14-34-64(56,57)58)44(49)29-23-36-16-11-15-35(46(36)62-37-24-26-38(27-25-37)65(59,60)61)22-28-43-48(4,5)39-17-7-9-19-41(39)50(43)31-13-33-63(53,54)55;1-11-44(12-2)33-22-24-35-32(29-33)27-31(28-36(35)41(3,4)5)19-15-13-16-20-39-43(9,10)37-30-34(50(47,48)49)23-25-38(37)45(39)26-18-14-17-21-40(46)42(6,7)8/h7-10,17-20,22-29H,11-16,21,30-34H2,1-6H3,(H2-,53,54,55,56,57,58,59,60,61);13,15-16,19-20,22-25,28-30H,11-12,14,17-18,21,26H2,1-10H3/p+2/b;16-13+,19-15+,39-20+. The van der Waals surface area contributed by atoms with Crippen molar-refractivity contribution in [3.8, 4) is 5.75 Å². The summed E-state index contributed by atoms with van der Waals surface area (Å²) < 4.78 is 143. The van der Waals surface area contributed by atoms with Crippen molar-refractivity contribution in [2.75, 3.05) is 58.9 Å². The second kappa shape index (κ2) is 36.2. The molecule has 115 heavy (non-hydrogen) atoms. The first kappa shape index (κ1) is 90.4. The van der Waals surface area contributed by atoms with Gasteiger partial charge in [0.2, 0.25) is 5.69 Å². The van der Waals surface area contributed by atoms with Crippen LogP contribution in [0.3, 0.4) is 0 Å². The number of ketones is 2. The van der Waals surface area contributed by atoms with Crippen LogP contribution < -0.4 is 29.9 Å². The van der Waals surface area contributed by atoms with Gasteiger partial charge in [-0.3, -0.25) is 27.8 Å². The van der Waals surface area contributed by atoms with Crippen molar-refractivity contribution in [1.82, 2.24) is 0 Å². The number of allylic oxidation sites excluding steroid dienone is 15. The highest BCUT2D eigenvalue weighted by atomic mass is 32.2. The van der Waals surface area contributed by atoms with Gasteiger partial charge in [-0.2, -0.15) is 38.2 Å². The van der Waals surface area contributed by atoms with Gasteiger partial charge in [0.25, 0.3) is 40.5 Å². The molecule has 0 amide bonds. The molecule has 5 aliphatic rings. The minimum Gasteiger partial charge on any atom is -0.457 e. The number of ether oxygens (including phenoxy) is 1. The van der Waals surface area contributed by atoms with Crippen LogP contribution in [0.5, 0.6) is 5.75 Å². The minimum absolute atomic E-state index is 0.0310. The first-order chi connectivity index (χ1) is 53.6. The molecule has 0 aromatic heterocycles. The molecule has 0 radical (unpaired) electrons. The third-order valence-electron chi connectivity index (χ3n) is 22.5. The first-order valence-electron chi connectivity index (χ1n) is 40.0. The molecule has 19 nitrogen and oxygen atoms in total. The van der Waals surface area contributed by atoms with E-state index in [1.54, 1.807) is 12.1 Å². The molecule has 1 unspecified atom stereocenters. The average molecular weight is 1650 g/mol. The highest BCUT2D eigenvalue weighted by Gasteiger charge is 2.46. The Morgan fingerprint density at radius 1 is 0.574 bits per heavy atom. The van der Waals surface area contributed by atoms with E-state index >= 15 is 0 Å². The third-order valence-corrected chi connectivity index (χ3v) is 25.8. The number of rotatable bonds is 31. The maximum Gasteiger partial charge on any atom is 0.294 e. The number of carbonyl (C=O) groups is 2. The monoisotopic (exact) mass is 1650 g/mol. The Morgan fingerprint density at radius 2 is 1.17 bits per heavy atom. The van der Waals surface area contributed by atoms with Crippen LogP contribution in [0, 0.1) is 16.2 Å². The van der Waals surface area contributed by atoms with Crippen LogP contribution in [0.4, 0.5) is 22.7 Å². The molecule has 5 aromatic carbocycles. The molecule has 618 valence electrons. The molecule has 2 aliphatic carbocycles. The Hall–Kier alpha value is -8.48. The van der Waals surface area contributed by atoms with E-state index < -0.39 is 67.9 Å². The van der Waals surface area contributed by atoms with Gasteiger partial charge in [0.1, 0.15) is 40.4 Å². The molecule has 23 heteroatoms. The molecule has 4 N–H and O–H groups in total. The fourth-order valence-corrected chi connectivity index (χ4v) is 18.0. The van der Waals surface area contributed by atoms with E-state index in [4.69, 9.17) is 4.74 Å². The second-order valence-corrected chi connectivity index (χ2v) is 40.8. The number of anilines is 3. The Labute approximate surface area is 684 Å². The lowest BCUT2D eigenvalue weighted by Gasteiger charge is -2.31. The second-order valence-electron chi connectivity index (χ2n) is 34.8. The smallest absolute Gasteiger partial charge is 0.294 e. The molecule has 0 fully saturated rings. The quantitative estimate of drug-likeness (QED) is 0.0106. The first-order valence-corrected chi connectivity index (χ1v) is 46.1. The molecule has 0 bridgehead atoms. The van der Waals surface area contributed by atoms with Crippen LogP contribution in [0.2, 0.25) is 0 Å². The average Bonchev–Trinajstić information content (AvgIpc) is 1.60. The van der Waals surface area contributed by atoms with Crippen LogP contribution in [0.25, 0.3) is 11.6 Å². The summed E-state index contributed by atoms with van der Waals surface area (Å²) in [6, 6.07) is 32.9. The lowest BCUT2D eigenvalue weighted by molar-refractivity contribution is -0.437. The number of unbranched alkanes of at least 4 members (excludes halogenated alkanes) is 2. The van der Waals surface area contributed by atoms with Crippen molar-refractivity contribution in [3.63, 3.8) is 0 Å². The molecular weight excluding hydrogens is 1530 g/mol. The summed E-state index contributed by atoms with van der Waals surface area (Å²) in [5, 5.41) is 2.34. The van der Waals surface area contributed by atoms with Crippen molar-refractivity contribution >= 4 is 92.1 Å². The van der Waals surface area contributed by atoms with Gasteiger partial charge < -0.3 is 19.4 Å². The van der Waals surface area contributed by atoms with Gasteiger partial charge in [-0.25, -0.2) is 0 Å². The highest BCUT2D eigenvalue weighted by Crippen LogP contribution is 2.52. The predicted molar refractivity (Wildman–Crippen MR) is 463 cm³/mol. The Morgan fingerprint density at radius 3 is 1.79 bits per heavy atom. The molecule has 3 heterocycles. The lowest BCUT2D eigenvalue weighted by Crippen LogP contribution is -2.34. The number of hydrogen-bond acceptors (Lipinski definition) is 14. The van der Waals surface area contributed by atoms with E-state index in [0.29, 0.717) is 63.1 Å². The fourth-order valence-electron chi connectivity index (χ4n) is 16.0. The number of benzene rings is 5. The fraction of sp³-hybridized carbons (Fsp3) is 0.446. The molecule has 5 aromatic rings. The van der Waals surface area contributed by atoms with Crippen molar-refractivity contribution in [2.24, 2.45) is 16.2 Å². The summed E-state index contributed by atoms with van der Waals surface area (Å²) in [5.74, 6) is 0.518. The topological polar surface area (TPSA) is 274 Å². The van der Waals surface area contributed by atoms with Gasteiger partial charge in [0.05, 0.1) is 37.6 Å². The van der Waals surface area contributed by atoms with Gasteiger partial charge in [0.15, 0.2) is 5.71 Å². The Kier molecular flexibility index (Phi) is 28.4. The predicted octanol–water partition coefficient (Wildman–Crippen LogP) is 17.9. The van der Waals surface area contributed by atoms with E-state index in [2.05, 4.69) is 143 Å². The van der Waals surface area contributed by atoms with Crippen molar-refractivity contribution < 1.29 is 70.8 Å². The van der Waals surface area contributed by atoms with Crippen molar-refractivity contribution in [2.45, 2.75) is 214 Å². The van der Waals surface area contributed by atoms with Crippen molar-refractivity contribution in [3.05, 3.63) is 231 Å². The van der Waals surface area contributed by atoms with E-state index in [0.717, 1.165) is 118 Å². The van der Waals surface area contributed by atoms with Crippen LogP contribution in [-0.4, -0.2) is 118 Å². The van der Waals surface area contributed by atoms with Gasteiger partial charge >= 0.3 is 0 Å². The zero-order chi connectivity index (χ0) is 84.7. The molecular formula is C92H118N4O15S4+2. The van der Waals surface area contributed by atoms with Crippen LogP contribution in [0.15, 0.2) is 214 Å². The van der Waals surface area contributed by atoms with E-state index in [9.17, 15) is 61.5 Å². The van der Waals surface area contributed by atoms with Gasteiger partial charge in [0, 0.05) is 143 Å². The molecule has 10 rings (SSSR count). The number of Topliss-reactive ketones (excluding diaryl/α,β-unsaturated/α-hetero) is 2. The van der Waals surface area contributed by atoms with Crippen LogP contribution in [-0.2, 0) is 66.3 Å². The number of hydrogen-bond donors (Lipinski definition) is 4. The molecule has 0 spiro atoms. The SMILES string of the molecule is CC(C)(C)C(=O)CCCC1(C)/C(=C\C=C2/CCCC(/C=C/C3=[N+](CCCS(=O)(=O)O)c4ccccc4C3(C)C)=C2Oc2ccc(S(=O)(=O)O)cc2)N(CCCS(=O)(=O)O)c2ccccc21.CCN(CC)c1ccc2c(c1)=[C+]C(/C=C/C=C/C=C1/N(CCCCCC(=O)C(C)(C)C)c3ccc(S(=O)(=O)O)cc3C1(C)C)=CC=2C(C)(C)C. The summed E-state index contributed by atoms with van der Waals surface area (Å²) in [4.78, 5) is 31.9. The molecule has 0 saturated heterocycles. The normalized spacial score (nSPS) is 18.8.